The van der Waals surface area contributed by atoms with Gasteiger partial charge in [0.1, 0.15) is 0 Å². The lowest BCUT2D eigenvalue weighted by Crippen LogP contribution is -2.43. The lowest BCUT2D eigenvalue weighted by molar-refractivity contribution is 0.0419. The highest BCUT2D eigenvalue weighted by atomic mass is 16.5. The Kier molecular flexibility index (Phi) is 3.45. The van der Waals surface area contributed by atoms with Crippen molar-refractivity contribution in [3.05, 3.63) is 0 Å². The van der Waals surface area contributed by atoms with Crippen molar-refractivity contribution in [2.45, 2.75) is 45.1 Å². The van der Waals surface area contributed by atoms with Gasteiger partial charge in [0.25, 0.3) is 0 Å². The summed E-state index contributed by atoms with van der Waals surface area (Å²) in [6.07, 6.45) is 6.61. The van der Waals surface area contributed by atoms with Crippen LogP contribution in [0.2, 0.25) is 0 Å². The lowest BCUT2D eigenvalue weighted by atomic mass is 9.70. The van der Waals surface area contributed by atoms with Crippen LogP contribution in [0.3, 0.4) is 0 Å². The van der Waals surface area contributed by atoms with E-state index in [1.807, 2.05) is 0 Å². The summed E-state index contributed by atoms with van der Waals surface area (Å²) in [6.45, 7) is 4.20. The quantitative estimate of drug-likeness (QED) is 0.752. The molecule has 1 saturated carbocycles. The summed E-state index contributed by atoms with van der Waals surface area (Å²) < 4.78 is 5.37. The molecular weight excluding hydrogens is 174 g/mol. The molecule has 0 spiro atoms. The number of hydrogen-bond donors (Lipinski definition) is 1. The molecule has 14 heavy (non-hydrogen) atoms. The average molecular weight is 197 g/mol. The average Bonchev–Trinajstić information content (AvgIpc) is 2.15. The summed E-state index contributed by atoms with van der Waals surface area (Å²) >= 11 is 0. The molecule has 0 aromatic rings. The van der Waals surface area contributed by atoms with Gasteiger partial charge in [-0.25, -0.2) is 0 Å². The highest BCUT2D eigenvalue weighted by Gasteiger charge is 2.32. The van der Waals surface area contributed by atoms with Crippen molar-refractivity contribution < 1.29 is 4.74 Å². The predicted molar refractivity (Wildman–Crippen MR) is 58.0 cm³/mol. The second-order valence-electron chi connectivity index (χ2n) is 5.08. The molecule has 1 aliphatic heterocycles. The summed E-state index contributed by atoms with van der Waals surface area (Å²) in [5, 5.41) is 0. The molecule has 82 valence electrons. The highest BCUT2D eigenvalue weighted by molar-refractivity contribution is 4.86. The maximum absolute atomic E-state index is 6.35. The summed E-state index contributed by atoms with van der Waals surface area (Å²) in [5.41, 5.74) is 6.35. The smallest absolute Gasteiger partial charge is 0.0469 e. The molecule has 0 bridgehead atoms. The summed E-state index contributed by atoms with van der Waals surface area (Å²) in [7, 11) is 0. The van der Waals surface area contributed by atoms with Crippen LogP contribution in [-0.4, -0.2) is 19.3 Å². The van der Waals surface area contributed by atoms with E-state index in [4.69, 9.17) is 10.5 Å². The molecular formula is C12H23NO. The van der Waals surface area contributed by atoms with Gasteiger partial charge in [0.05, 0.1) is 0 Å². The molecule has 2 heteroatoms. The number of hydrogen-bond acceptors (Lipinski definition) is 2. The second-order valence-corrected chi connectivity index (χ2v) is 5.08. The molecule has 0 aromatic carbocycles. The van der Waals surface area contributed by atoms with Crippen LogP contribution >= 0.6 is 0 Å². The summed E-state index contributed by atoms with van der Waals surface area (Å²) in [5.74, 6) is 2.37. The van der Waals surface area contributed by atoms with Gasteiger partial charge in [0.2, 0.25) is 0 Å². The largest absolute Gasteiger partial charge is 0.381 e. The van der Waals surface area contributed by atoms with E-state index in [-0.39, 0.29) is 0 Å². The molecule has 0 aromatic heterocycles. The summed E-state index contributed by atoms with van der Waals surface area (Å²) in [4.78, 5) is 0. The first-order chi connectivity index (χ1) is 6.79. The molecule has 2 rings (SSSR count). The molecule has 1 saturated heterocycles. The Bertz CT molecular complexity index is 171. The Hall–Kier alpha value is -0.0800. The van der Waals surface area contributed by atoms with Crippen molar-refractivity contribution in [3.63, 3.8) is 0 Å². The van der Waals surface area contributed by atoms with Gasteiger partial charge in [-0.15, -0.1) is 0 Å². The Balaban J connectivity index is 1.82. The van der Waals surface area contributed by atoms with Crippen LogP contribution in [-0.2, 0) is 4.74 Å². The van der Waals surface area contributed by atoms with E-state index in [1.165, 1.54) is 32.1 Å². The Morgan fingerprint density at radius 3 is 2.21 bits per heavy atom. The van der Waals surface area contributed by atoms with E-state index in [2.05, 4.69) is 6.92 Å². The summed E-state index contributed by atoms with van der Waals surface area (Å²) in [6, 6.07) is 0.421. The maximum atomic E-state index is 6.35. The van der Waals surface area contributed by atoms with Crippen LogP contribution in [0, 0.1) is 17.8 Å². The molecule has 2 nitrogen and oxygen atoms in total. The van der Waals surface area contributed by atoms with E-state index in [0.29, 0.717) is 6.04 Å². The van der Waals surface area contributed by atoms with Crippen LogP contribution in [0.4, 0.5) is 0 Å². The van der Waals surface area contributed by atoms with Gasteiger partial charge in [-0.2, -0.15) is 0 Å². The van der Waals surface area contributed by atoms with E-state index in [1.54, 1.807) is 0 Å². The minimum absolute atomic E-state index is 0.421. The van der Waals surface area contributed by atoms with E-state index in [9.17, 15) is 0 Å². The van der Waals surface area contributed by atoms with Crippen LogP contribution in [0.15, 0.2) is 0 Å². The zero-order chi connectivity index (χ0) is 9.97. The number of rotatable bonds is 3. The van der Waals surface area contributed by atoms with Crippen molar-refractivity contribution in [1.82, 2.24) is 0 Å². The fourth-order valence-electron chi connectivity index (χ4n) is 2.81. The van der Waals surface area contributed by atoms with Crippen LogP contribution < -0.4 is 5.73 Å². The molecule has 1 heterocycles. The second kappa shape index (κ2) is 4.63. The SMILES string of the molecule is CC(C1CCC1)C(N)C1CCOCC1. The molecule has 2 fully saturated rings. The monoisotopic (exact) mass is 197 g/mol. The Morgan fingerprint density at radius 1 is 1.07 bits per heavy atom. The van der Waals surface area contributed by atoms with Gasteiger partial charge in [-0.1, -0.05) is 26.2 Å². The topological polar surface area (TPSA) is 35.2 Å². The molecule has 2 aliphatic rings. The number of ether oxygens (including phenoxy) is 1. The van der Waals surface area contributed by atoms with Crippen LogP contribution in [0.5, 0.6) is 0 Å². The maximum Gasteiger partial charge on any atom is 0.0469 e. The van der Waals surface area contributed by atoms with Crippen LogP contribution in [0.1, 0.15) is 39.0 Å². The fraction of sp³-hybridized carbons (Fsp3) is 1.00. The third kappa shape index (κ3) is 2.12. The van der Waals surface area contributed by atoms with E-state index in [0.717, 1.165) is 31.0 Å². The van der Waals surface area contributed by atoms with Crippen molar-refractivity contribution >= 4 is 0 Å². The molecule has 0 radical (unpaired) electrons. The van der Waals surface area contributed by atoms with Gasteiger partial charge >= 0.3 is 0 Å². The molecule has 1 aliphatic carbocycles. The molecule has 2 N–H and O–H groups in total. The normalized spacial score (nSPS) is 29.6. The lowest BCUT2D eigenvalue weighted by Gasteiger charge is -2.39. The zero-order valence-corrected chi connectivity index (χ0v) is 9.24. The van der Waals surface area contributed by atoms with Crippen LogP contribution in [0.25, 0.3) is 0 Å². The van der Waals surface area contributed by atoms with Gasteiger partial charge in [-0.3, -0.25) is 0 Å². The predicted octanol–water partition coefficient (Wildman–Crippen LogP) is 2.18. The van der Waals surface area contributed by atoms with Gasteiger partial charge in [-0.05, 0) is 30.6 Å². The van der Waals surface area contributed by atoms with Crippen molar-refractivity contribution in [3.8, 4) is 0 Å². The van der Waals surface area contributed by atoms with Crippen molar-refractivity contribution in [1.29, 1.82) is 0 Å². The Labute approximate surface area is 87.2 Å². The Morgan fingerprint density at radius 2 is 1.71 bits per heavy atom. The standard InChI is InChI=1S/C12H23NO/c1-9(10-3-2-4-10)12(13)11-5-7-14-8-6-11/h9-12H,2-8,13H2,1H3. The van der Waals surface area contributed by atoms with Crippen molar-refractivity contribution in [2.75, 3.05) is 13.2 Å². The van der Waals surface area contributed by atoms with Gasteiger partial charge in [0.15, 0.2) is 0 Å². The molecule has 0 amide bonds. The molecule has 2 atom stereocenters. The van der Waals surface area contributed by atoms with Gasteiger partial charge < -0.3 is 10.5 Å². The third-order valence-corrected chi connectivity index (χ3v) is 4.31. The first kappa shape index (κ1) is 10.4. The first-order valence-corrected chi connectivity index (χ1v) is 6.12. The number of nitrogens with two attached hydrogens (primary N) is 1. The van der Waals surface area contributed by atoms with Crippen molar-refractivity contribution in [2.24, 2.45) is 23.5 Å². The van der Waals surface area contributed by atoms with Gasteiger partial charge in [0, 0.05) is 19.3 Å². The fourth-order valence-corrected chi connectivity index (χ4v) is 2.81. The van der Waals surface area contributed by atoms with E-state index >= 15 is 0 Å². The minimum Gasteiger partial charge on any atom is -0.381 e. The minimum atomic E-state index is 0.421. The highest BCUT2D eigenvalue weighted by Crippen LogP contribution is 2.37. The van der Waals surface area contributed by atoms with E-state index < -0.39 is 0 Å². The zero-order valence-electron chi connectivity index (χ0n) is 9.24. The first-order valence-electron chi connectivity index (χ1n) is 6.12. The molecule has 2 unspecified atom stereocenters. The third-order valence-electron chi connectivity index (χ3n) is 4.31.